The lowest BCUT2D eigenvalue weighted by Gasteiger charge is -2.19. The molecule has 0 aliphatic carbocycles. The van der Waals surface area contributed by atoms with Gasteiger partial charge in [0, 0.05) is 12.2 Å². The van der Waals surface area contributed by atoms with E-state index in [1.807, 2.05) is 49.7 Å². The molecular weight excluding hydrogens is 440 g/mol. The number of fused-ring (bicyclic) bond motifs is 1. The fraction of sp³-hybridized carbons (Fsp3) is 0.286. The minimum Gasteiger partial charge on any atom is -0.492 e. The maximum Gasteiger partial charge on any atom is 0.270 e. The van der Waals surface area contributed by atoms with Crippen LogP contribution in [0.3, 0.4) is 0 Å². The number of amides is 1. The smallest absolute Gasteiger partial charge is 0.270 e. The number of aryl methyl sites for hydroxylation is 2. The van der Waals surface area contributed by atoms with Crippen LogP contribution in [-0.2, 0) is 6.54 Å². The molecule has 0 unspecified atom stereocenters. The Morgan fingerprint density at radius 3 is 2.73 bits per heavy atom. The second-order valence-corrected chi connectivity index (χ2v) is 9.47. The summed E-state index contributed by atoms with van der Waals surface area (Å²) in [5, 5.41) is 5.15. The Bertz CT molecular complexity index is 1200. The molecule has 4 aromatic rings. The van der Waals surface area contributed by atoms with Crippen molar-refractivity contribution in [1.29, 1.82) is 0 Å². The van der Waals surface area contributed by atoms with Gasteiger partial charge in [-0.05, 0) is 51.1 Å². The molecule has 6 nitrogen and oxygen atoms in total. The van der Waals surface area contributed by atoms with Gasteiger partial charge < -0.3 is 4.74 Å². The van der Waals surface area contributed by atoms with Gasteiger partial charge in [-0.2, -0.15) is 5.10 Å². The number of carbonyl (C=O) groups is 1. The van der Waals surface area contributed by atoms with Crippen LogP contribution in [0.1, 0.15) is 28.0 Å². The van der Waals surface area contributed by atoms with Gasteiger partial charge in [0.2, 0.25) is 0 Å². The molecule has 0 radical (unpaired) electrons. The number of hydrogen-bond donors (Lipinski definition) is 0. The number of aromatic nitrogens is 3. The van der Waals surface area contributed by atoms with Crippen molar-refractivity contribution >= 4 is 55.5 Å². The van der Waals surface area contributed by atoms with E-state index in [-0.39, 0.29) is 5.91 Å². The molecule has 0 aliphatic heterocycles. The quantitative estimate of drug-likeness (QED) is 0.361. The van der Waals surface area contributed by atoms with E-state index in [0.29, 0.717) is 34.0 Å². The third-order valence-corrected chi connectivity index (χ3v) is 6.83. The average molecular weight is 461 g/mol. The summed E-state index contributed by atoms with van der Waals surface area (Å²) in [5.74, 6) is 0.605. The summed E-state index contributed by atoms with van der Waals surface area (Å²) < 4.78 is 9.19. The SMILES string of the molecule is CCOc1cccc2sc(N(CCn3nc(C)cc3C)C(=O)c3ccc(Cl)s3)nc12. The van der Waals surface area contributed by atoms with Gasteiger partial charge in [0.25, 0.3) is 5.91 Å². The van der Waals surface area contributed by atoms with Crippen LogP contribution in [0.25, 0.3) is 10.2 Å². The van der Waals surface area contributed by atoms with Gasteiger partial charge in [0.05, 0.1) is 32.8 Å². The first-order valence-corrected chi connectivity index (χ1v) is 11.6. The van der Waals surface area contributed by atoms with E-state index in [4.69, 9.17) is 21.3 Å². The van der Waals surface area contributed by atoms with Crippen LogP contribution in [-0.4, -0.2) is 33.8 Å². The summed E-state index contributed by atoms with van der Waals surface area (Å²) in [6.07, 6.45) is 0. The van der Waals surface area contributed by atoms with Crippen LogP contribution in [0, 0.1) is 13.8 Å². The van der Waals surface area contributed by atoms with Crippen molar-refractivity contribution in [2.24, 2.45) is 0 Å². The number of para-hydroxylation sites is 1. The van der Waals surface area contributed by atoms with Crippen molar-refractivity contribution in [2.45, 2.75) is 27.3 Å². The molecule has 3 heterocycles. The highest BCUT2D eigenvalue weighted by atomic mass is 35.5. The molecular formula is C21H21ClN4O2S2. The maximum absolute atomic E-state index is 13.3. The average Bonchev–Trinajstić information content (AvgIpc) is 3.41. The molecule has 0 spiro atoms. The van der Waals surface area contributed by atoms with Crippen molar-refractivity contribution in [3.63, 3.8) is 0 Å². The molecule has 4 rings (SSSR count). The molecule has 1 aromatic carbocycles. The first kappa shape index (κ1) is 20.8. The second kappa shape index (κ2) is 8.75. The van der Waals surface area contributed by atoms with E-state index in [1.54, 1.807) is 17.0 Å². The normalized spacial score (nSPS) is 11.2. The highest BCUT2D eigenvalue weighted by Crippen LogP contribution is 2.35. The third-order valence-electron chi connectivity index (χ3n) is 4.57. The third kappa shape index (κ3) is 4.21. The highest BCUT2D eigenvalue weighted by molar-refractivity contribution is 7.22. The number of rotatable bonds is 7. The Morgan fingerprint density at radius 1 is 1.23 bits per heavy atom. The number of thiazole rings is 1. The summed E-state index contributed by atoms with van der Waals surface area (Å²) in [6.45, 7) is 7.48. The van der Waals surface area contributed by atoms with Crippen molar-refractivity contribution in [1.82, 2.24) is 14.8 Å². The summed E-state index contributed by atoms with van der Waals surface area (Å²) in [6, 6.07) is 11.4. The van der Waals surface area contributed by atoms with Crippen molar-refractivity contribution < 1.29 is 9.53 Å². The molecule has 0 saturated heterocycles. The van der Waals surface area contributed by atoms with E-state index in [2.05, 4.69) is 5.10 Å². The molecule has 0 bridgehead atoms. The lowest BCUT2D eigenvalue weighted by molar-refractivity contribution is 0.0989. The van der Waals surface area contributed by atoms with Gasteiger partial charge in [-0.15, -0.1) is 11.3 Å². The first-order valence-electron chi connectivity index (χ1n) is 9.57. The zero-order chi connectivity index (χ0) is 21.3. The summed E-state index contributed by atoms with van der Waals surface area (Å²) in [4.78, 5) is 20.4. The van der Waals surface area contributed by atoms with Crippen LogP contribution in [0.5, 0.6) is 5.75 Å². The molecule has 9 heteroatoms. The van der Waals surface area contributed by atoms with Gasteiger partial charge in [-0.1, -0.05) is 29.0 Å². The van der Waals surface area contributed by atoms with Crippen molar-refractivity contribution in [2.75, 3.05) is 18.1 Å². The number of ether oxygens (including phenoxy) is 1. The highest BCUT2D eigenvalue weighted by Gasteiger charge is 2.24. The van der Waals surface area contributed by atoms with Gasteiger partial charge in [-0.25, -0.2) is 4.98 Å². The predicted octanol–water partition coefficient (Wildman–Crippen LogP) is 5.57. The minimum absolute atomic E-state index is 0.120. The van der Waals surface area contributed by atoms with Crippen LogP contribution >= 0.6 is 34.3 Å². The number of hydrogen-bond acceptors (Lipinski definition) is 6. The van der Waals surface area contributed by atoms with Gasteiger partial charge in [0.1, 0.15) is 11.3 Å². The topological polar surface area (TPSA) is 60.2 Å². The largest absolute Gasteiger partial charge is 0.492 e. The number of benzene rings is 1. The van der Waals surface area contributed by atoms with Gasteiger partial charge in [-0.3, -0.25) is 14.4 Å². The molecule has 0 aliphatic rings. The first-order chi connectivity index (χ1) is 14.5. The molecule has 1 amide bonds. The van der Waals surface area contributed by atoms with E-state index in [1.165, 1.54) is 22.7 Å². The lowest BCUT2D eigenvalue weighted by Crippen LogP contribution is -2.33. The fourth-order valence-electron chi connectivity index (χ4n) is 3.24. The summed E-state index contributed by atoms with van der Waals surface area (Å²) >= 11 is 8.82. The molecule has 3 aromatic heterocycles. The van der Waals surface area contributed by atoms with E-state index in [9.17, 15) is 4.79 Å². The van der Waals surface area contributed by atoms with E-state index >= 15 is 0 Å². The van der Waals surface area contributed by atoms with Crippen molar-refractivity contribution in [3.8, 4) is 5.75 Å². The number of nitrogens with zero attached hydrogens (tertiary/aromatic N) is 4. The Hall–Kier alpha value is -2.42. The number of anilines is 1. The summed E-state index contributed by atoms with van der Waals surface area (Å²) in [5.41, 5.74) is 2.78. The molecule has 30 heavy (non-hydrogen) atoms. The lowest BCUT2D eigenvalue weighted by atomic mass is 10.3. The molecule has 0 fully saturated rings. The van der Waals surface area contributed by atoms with Gasteiger partial charge in [0.15, 0.2) is 5.13 Å². The Labute approximate surface area is 187 Å². The van der Waals surface area contributed by atoms with Crippen LogP contribution in [0.2, 0.25) is 4.34 Å². The second-order valence-electron chi connectivity index (χ2n) is 6.74. The summed E-state index contributed by atoms with van der Waals surface area (Å²) in [7, 11) is 0. The van der Waals surface area contributed by atoms with E-state index < -0.39 is 0 Å². The van der Waals surface area contributed by atoms with Crippen LogP contribution in [0.15, 0.2) is 36.4 Å². The fourth-order valence-corrected chi connectivity index (χ4v) is 5.24. The number of carbonyl (C=O) groups excluding carboxylic acids is 1. The van der Waals surface area contributed by atoms with Crippen LogP contribution in [0.4, 0.5) is 5.13 Å². The minimum atomic E-state index is -0.120. The molecule has 156 valence electrons. The van der Waals surface area contributed by atoms with Gasteiger partial charge >= 0.3 is 0 Å². The number of thiophene rings is 1. The number of halogens is 1. The zero-order valence-corrected chi connectivity index (χ0v) is 19.3. The molecule has 0 N–H and O–H groups in total. The predicted molar refractivity (Wildman–Crippen MR) is 123 cm³/mol. The Kier molecular flexibility index (Phi) is 6.08. The maximum atomic E-state index is 13.3. The Balaban J connectivity index is 1.70. The zero-order valence-electron chi connectivity index (χ0n) is 16.9. The van der Waals surface area contributed by atoms with Crippen LogP contribution < -0.4 is 9.64 Å². The Morgan fingerprint density at radius 2 is 2.07 bits per heavy atom. The monoisotopic (exact) mass is 460 g/mol. The van der Waals surface area contributed by atoms with Crippen molar-refractivity contribution in [3.05, 3.63) is 57.0 Å². The molecule has 0 saturated carbocycles. The standard InChI is InChI=1S/C21H21ClN4O2S2/c1-4-28-15-6-5-7-16-19(15)23-21(30-16)25(20(27)17-8-9-18(22)29-17)10-11-26-14(3)12-13(2)24-26/h5-9,12H,4,10-11H2,1-3H3. The molecule has 0 atom stereocenters. The van der Waals surface area contributed by atoms with E-state index in [0.717, 1.165) is 27.4 Å².